The molecular formula is C17H20ClNO. The Bertz CT molecular complexity index is 613. The van der Waals surface area contributed by atoms with E-state index in [9.17, 15) is 0 Å². The minimum absolute atomic E-state index is 0.308. The number of ether oxygens (including phenoxy) is 1. The van der Waals surface area contributed by atoms with E-state index in [0.29, 0.717) is 18.1 Å². The first kappa shape index (κ1) is 13.9. The summed E-state index contributed by atoms with van der Waals surface area (Å²) in [5.41, 5.74) is 1.32. The second kappa shape index (κ2) is 5.72. The summed E-state index contributed by atoms with van der Waals surface area (Å²) in [6.07, 6.45) is 1.46. The van der Waals surface area contributed by atoms with Gasteiger partial charge in [-0.1, -0.05) is 41.9 Å². The topological polar surface area (TPSA) is 21.3 Å². The van der Waals surface area contributed by atoms with Gasteiger partial charge in [0, 0.05) is 22.4 Å². The molecule has 0 aliphatic carbocycles. The van der Waals surface area contributed by atoms with Gasteiger partial charge in [0.1, 0.15) is 0 Å². The lowest BCUT2D eigenvalue weighted by atomic mass is 9.88. The number of halogens is 1. The Morgan fingerprint density at radius 3 is 2.60 bits per heavy atom. The van der Waals surface area contributed by atoms with Gasteiger partial charge in [0.15, 0.2) is 0 Å². The van der Waals surface area contributed by atoms with Crippen molar-refractivity contribution < 1.29 is 4.74 Å². The van der Waals surface area contributed by atoms with Crippen LogP contribution in [0.4, 0.5) is 0 Å². The molecular weight excluding hydrogens is 270 g/mol. The molecule has 3 rings (SSSR count). The molecule has 1 aliphatic rings. The van der Waals surface area contributed by atoms with Crippen LogP contribution in [0, 0.1) is 5.92 Å². The van der Waals surface area contributed by atoms with Gasteiger partial charge in [0.2, 0.25) is 0 Å². The summed E-state index contributed by atoms with van der Waals surface area (Å²) in [7, 11) is 2.02. The highest BCUT2D eigenvalue weighted by molar-refractivity contribution is 6.35. The molecule has 0 saturated carbocycles. The van der Waals surface area contributed by atoms with Crippen LogP contribution in [0.1, 0.15) is 24.9 Å². The van der Waals surface area contributed by atoms with Crippen molar-refractivity contribution in [2.24, 2.45) is 5.92 Å². The normalized spacial score (nSPS) is 24.1. The van der Waals surface area contributed by atoms with E-state index in [-0.39, 0.29) is 0 Å². The number of nitrogens with one attached hydrogen (secondary N) is 1. The van der Waals surface area contributed by atoms with Crippen molar-refractivity contribution in [2.45, 2.75) is 25.5 Å². The highest BCUT2D eigenvalue weighted by Gasteiger charge is 2.30. The van der Waals surface area contributed by atoms with Gasteiger partial charge in [0.25, 0.3) is 0 Å². The molecule has 1 heterocycles. The monoisotopic (exact) mass is 289 g/mol. The molecule has 20 heavy (non-hydrogen) atoms. The molecule has 3 heteroatoms. The third kappa shape index (κ3) is 2.44. The molecule has 2 nitrogen and oxygen atoms in total. The van der Waals surface area contributed by atoms with E-state index in [1.54, 1.807) is 0 Å². The predicted molar refractivity (Wildman–Crippen MR) is 84.3 cm³/mol. The van der Waals surface area contributed by atoms with Crippen LogP contribution < -0.4 is 5.32 Å². The zero-order chi connectivity index (χ0) is 14.1. The number of hydrogen-bond donors (Lipinski definition) is 1. The largest absolute Gasteiger partial charge is 0.378 e. The fourth-order valence-electron chi connectivity index (χ4n) is 3.28. The van der Waals surface area contributed by atoms with E-state index in [1.165, 1.54) is 10.9 Å². The van der Waals surface area contributed by atoms with Gasteiger partial charge in [-0.2, -0.15) is 0 Å². The van der Waals surface area contributed by atoms with Crippen LogP contribution in [-0.4, -0.2) is 19.8 Å². The lowest BCUT2D eigenvalue weighted by molar-refractivity contribution is 0.117. The fourth-order valence-corrected chi connectivity index (χ4v) is 3.51. The first-order valence-corrected chi connectivity index (χ1v) is 7.54. The summed E-state index contributed by atoms with van der Waals surface area (Å²) in [5.74, 6) is 0.514. The first-order chi connectivity index (χ1) is 9.70. The average molecular weight is 290 g/mol. The third-order valence-corrected chi connectivity index (χ3v) is 4.58. The summed E-state index contributed by atoms with van der Waals surface area (Å²) < 4.78 is 5.74. The smallest absolute Gasteiger partial charge is 0.0551 e. The Morgan fingerprint density at radius 2 is 1.95 bits per heavy atom. The maximum atomic E-state index is 6.31. The Kier molecular flexibility index (Phi) is 3.97. The highest BCUT2D eigenvalue weighted by Crippen LogP contribution is 2.36. The molecule has 0 bridgehead atoms. The molecule has 0 spiro atoms. The molecule has 3 unspecified atom stereocenters. The van der Waals surface area contributed by atoms with E-state index in [0.717, 1.165) is 23.4 Å². The van der Waals surface area contributed by atoms with Crippen molar-refractivity contribution in [2.75, 3.05) is 13.7 Å². The molecule has 1 saturated heterocycles. The van der Waals surface area contributed by atoms with Crippen LogP contribution in [0.25, 0.3) is 10.8 Å². The minimum atomic E-state index is 0.308. The molecule has 2 aromatic carbocycles. The number of fused-ring (bicyclic) bond motifs is 1. The summed E-state index contributed by atoms with van der Waals surface area (Å²) >= 11 is 6.31. The standard InChI is InChI=1S/C17H20ClNO/c1-11-9-12(10-20-11)17(19-2)15-7-8-16(18)14-6-4-3-5-13(14)15/h3-8,11-12,17,19H,9-10H2,1-2H3. The van der Waals surface area contributed by atoms with E-state index >= 15 is 0 Å². The van der Waals surface area contributed by atoms with E-state index in [1.807, 2.05) is 19.2 Å². The third-order valence-electron chi connectivity index (χ3n) is 4.25. The first-order valence-electron chi connectivity index (χ1n) is 7.16. The van der Waals surface area contributed by atoms with Gasteiger partial charge in [-0.05, 0) is 37.4 Å². The van der Waals surface area contributed by atoms with Crippen molar-refractivity contribution in [3.63, 3.8) is 0 Å². The molecule has 1 fully saturated rings. The molecule has 0 amide bonds. The van der Waals surface area contributed by atoms with Gasteiger partial charge in [-0.3, -0.25) is 0 Å². The van der Waals surface area contributed by atoms with Gasteiger partial charge in [0.05, 0.1) is 12.7 Å². The Hall–Kier alpha value is -1.09. The van der Waals surface area contributed by atoms with Crippen LogP contribution in [-0.2, 0) is 4.74 Å². The van der Waals surface area contributed by atoms with Gasteiger partial charge >= 0.3 is 0 Å². The molecule has 1 aliphatic heterocycles. The van der Waals surface area contributed by atoms with E-state index in [2.05, 4.69) is 36.5 Å². The van der Waals surface area contributed by atoms with Gasteiger partial charge < -0.3 is 10.1 Å². The maximum Gasteiger partial charge on any atom is 0.0551 e. The molecule has 2 aromatic rings. The molecule has 1 N–H and O–H groups in total. The number of hydrogen-bond acceptors (Lipinski definition) is 2. The lowest BCUT2D eigenvalue weighted by Crippen LogP contribution is -2.26. The average Bonchev–Trinajstić information content (AvgIpc) is 2.89. The molecule has 3 atom stereocenters. The van der Waals surface area contributed by atoms with Crippen LogP contribution >= 0.6 is 11.6 Å². The number of rotatable bonds is 3. The Labute approximate surface area is 125 Å². The molecule has 106 valence electrons. The molecule has 0 aromatic heterocycles. The zero-order valence-corrected chi connectivity index (χ0v) is 12.7. The summed E-state index contributed by atoms with van der Waals surface area (Å²) in [5, 5.41) is 6.64. The quantitative estimate of drug-likeness (QED) is 0.915. The van der Waals surface area contributed by atoms with Crippen molar-refractivity contribution >= 4 is 22.4 Å². The minimum Gasteiger partial charge on any atom is -0.378 e. The highest BCUT2D eigenvalue weighted by atomic mass is 35.5. The van der Waals surface area contributed by atoms with Crippen LogP contribution in [0.3, 0.4) is 0 Å². The van der Waals surface area contributed by atoms with Gasteiger partial charge in [-0.25, -0.2) is 0 Å². The second-order valence-electron chi connectivity index (χ2n) is 5.59. The maximum absolute atomic E-state index is 6.31. The van der Waals surface area contributed by atoms with Crippen LogP contribution in [0.15, 0.2) is 36.4 Å². The fraction of sp³-hybridized carbons (Fsp3) is 0.412. The predicted octanol–water partition coefficient (Wildman–Crippen LogP) is 4.18. The SMILES string of the molecule is CNC(c1ccc(Cl)c2ccccc12)C1COC(C)C1. The van der Waals surface area contributed by atoms with Crippen molar-refractivity contribution in [1.82, 2.24) is 5.32 Å². The summed E-state index contributed by atoms with van der Waals surface area (Å²) in [4.78, 5) is 0. The van der Waals surface area contributed by atoms with Crippen LogP contribution in [0.2, 0.25) is 5.02 Å². The zero-order valence-electron chi connectivity index (χ0n) is 11.9. The van der Waals surface area contributed by atoms with Crippen molar-refractivity contribution in [3.8, 4) is 0 Å². The summed E-state index contributed by atoms with van der Waals surface area (Å²) in [6, 6.07) is 12.8. The summed E-state index contributed by atoms with van der Waals surface area (Å²) in [6.45, 7) is 2.97. The van der Waals surface area contributed by atoms with E-state index in [4.69, 9.17) is 16.3 Å². The van der Waals surface area contributed by atoms with Crippen LogP contribution in [0.5, 0.6) is 0 Å². The van der Waals surface area contributed by atoms with Crippen molar-refractivity contribution in [1.29, 1.82) is 0 Å². The lowest BCUT2D eigenvalue weighted by Gasteiger charge is -2.24. The Balaban J connectivity index is 2.06. The van der Waals surface area contributed by atoms with E-state index < -0.39 is 0 Å². The van der Waals surface area contributed by atoms with Gasteiger partial charge in [-0.15, -0.1) is 0 Å². The Morgan fingerprint density at radius 1 is 1.20 bits per heavy atom. The second-order valence-corrected chi connectivity index (χ2v) is 6.00. The van der Waals surface area contributed by atoms with Crippen molar-refractivity contribution in [3.05, 3.63) is 47.0 Å². The number of benzene rings is 2. The molecule has 0 radical (unpaired) electrons.